The molecule has 0 atom stereocenters. The van der Waals surface area contributed by atoms with Crippen molar-refractivity contribution in [1.82, 2.24) is 0 Å². The molecule has 0 unspecified atom stereocenters. The molecule has 0 aliphatic heterocycles. The molecule has 0 bridgehead atoms. The first-order valence-electron chi connectivity index (χ1n) is 6.16. The predicted octanol–water partition coefficient (Wildman–Crippen LogP) is 6.07. The Balaban J connectivity index is 2.13. The minimum atomic E-state index is 0.403. The summed E-state index contributed by atoms with van der Waals surface area (Å²) in [7, 11) is 0. The molecule has 0 aromatic heterocycles. The number of thiocarbonyl (C=S) groups is 1. The van der Waals surface area contributed by atoms with Crippen LogP contribution in [-0.4, -0.2) is 5.11 Å². The Hall–Kier alpha value is -1.000. The van der Waals surface area contributed by atoms with Crippen molar-refractivity contribution in [3.63, 3.8) is 0 Å². The molecule has 0 fully saturated rings. The van der Waals surface area contributed by atoms with Crippen molar-refractivity contribution in [3.8, 4) is 0 Å². The van der Waals surface area contributed by atoms with Gasteiger partial charge in [0.05, 0.1) is 20.8 Å². The number of hydrogen-bond acceptors (Lipinski definition) is 1. The maximum absolute atomic E-state index is 6.11. The summed E-state index contributed by atoms with van der Waals surface area (Å²) in [4.78, 5) is 0. The van der Waals surface area contributed by atoms with Crippen molar-refractivity contribution in [2.24, 2.45) is 0 Å². The van der Waals surface area contributed by atoms with E-state index >= 15 is 0 Å². The summed E-state index contributed by atoms with van der Waals surface area (Å²) in [6.07, 6.45) is 0. The molecule has 0 aliphatic rings. The zero-order chi connectivity index (χ0) is 15.6. The second kappa shape index (κ2) is 6.84. The van der Waals surface area contributed by atoms with Crippen molar-refractivity contribution in [2.75, 3.05) is 10.6 Å². The number of aryl methyl sites for hydroxylation is 2. The Morgan fingerprint density at radius 1 is 0.810 bits per heavy atom. The van der Waals surface area contributed by atoms with Gasteiger partial charge in [0.2, 0.25) is 0 Å². The topological polar surface area (TPSA) is 24.1 Å². The van der Waals surface area contributed by atoms with E-state index in [1.165, 1.54) is 0 Å². The monoisotopic (exact) mass is 358 g/mol. The largest absolute Gasteiger partial charge is 0.332 e. The molecule has 0 saturated heterocycles. The lowest BCUT2D eigenvalue weighted by atomic mass is 10.1. The zero-order valence-electron chi connectivity index (χ0n) is 11.4. The molecule has 2 aromatic rings. The highest BCUT2D eigenvalue weighted by molar-refractivity contribution is 7.80. The lowest BCUT2D eigenvalue weighted by Crippen LogP contribution is -2.19. The van der Waals surface area contributed by atoms with Gasteiger partial charge in [-0.1, -0.05) is 40.9 Å². The van der Waals surface area contributed by atoms with Crippen molar-refractivity contribution in [1.29, 1.82) is 0 Å². The summed E-state index contributed by atoms with van der Waals surface area (Å²) in [6.45, 7) is 4.06. The Morgan fingerprint density at radius 3 is 2.00 bits per heavy atom. The van der Waals surface area contributed by atoms with Crippen LogP contribution < -0.4 is 10.6 Å². The maximum atomic E-state index is 6.11. The summed E-state index contributed by atoms with van der Waals surface area (Å²) in [5, 5.41) is 7.83. The molecule has 110 valence electrons. The van der Waals surface area contributed by atoms with Gasteiger partial charge in [0.15, 0.2) is 5.11 Å². The number of anilines is 2. The average Bonchev–Trinajstić information content (AvgIpc) is 2.34. The molecule has 2 nitrogen and oxygen atoms in total. The summed E-state index contributed by atoms with van der Waals surface area (Å²) in [6, 6.07) is 9.33. The van der Waals surface area contributed by atoms with Crippen LogP contribution in [0.3, 0.4) is 0 Å². The number of halogens is 3. The molecule has 0 heterocycles. The van der Waals surface area contributed by atoms with Gasteiger partial charge in [-0.15, -0.1) is 0 Å². The summed E-state index contributed by atoms with van der Waals surface area (Å²) < 4.78 is 0. The third-order valence-corrected chi connectivity index (χ3v) is 3.98. The molecule has 2 N–H and O–H groups in total. The van der Waals surface area contributed by atoms with E-state index in [2.05, 4.69) is 16.7 Å². The number of nitrogens with one attached hydrogen (secondary N) is 2. The first-order chi connectivity index (χ1) is 9.85. The minimum Gasteiger partial charge on any atom is -0.332 e. The SMILES string of the molecule is Cc1cc(C)cc(NC(=S)Nc2cc(Cl)c(Cl)cc2Cl)c1. The highest BCUT2D eigenvalue weighted by Crippen LogP contribution is 2.32. The molecular formula is C15H13Cl3N2S. The van der Waals surface area contributed by atoms with Crippen LogP contribution in [0.5, 0.6) is 0 Å². The molecule has 0 radical (unpaired) electrons. The maximum Gasteiger partial charge on any atom is 0.175 e. The van der Waals surface area contributed by atoms with Crippen molar-refractivity contribution < 1.29 is 0 Å². The summed E-state index contributed by atoms with van der Waals surface area (Å²) >= 11 is 23.3. The number of hydrogen-bond donors (Lipinski definition) is 2. The molecule has 21 heavy (non-hydrogen) atoms. The van der Waals surface area contributed by atoms with Crippen LogP contribution in [0.2, 0.25) is 15.1 Å². The fraction of sp³-hybridized carbons (Fsp3) is 0.133. The lowest BCUT2D eigenvalue weighted by molar-refractivity contribution is 1.38. The standard InChI is InChI=1S/C15H13Cl3N2S/c1-8-3-9(2)5-10(4-8)19-15(21)20-14-7-12(17)11(16)6-13(14)18/h3-7H,1-2H3,(H2,19,20,21). The second-order valence-electron chi connectivity index (χ2n) is 4.70. The van der Waals surface area contributed by atoms with Crippen LogP contribution in [0.1, 0.15) is 11.1 Å². The second-order valence-corrected chi connectivity index (χ2v) is 6.33. The highest BCUT2D eigenvalue weighted by Gasteiger charge is 2.08. The van der Waals surface area contributed by atoms with E-state index in [0.717, 1.165) is 16.8 Å². The average molecular weight is 360 g/mol. The first kappa shape index (κ1) is 16.4. The molecular weight excluding hydrogens is 347 g/mol. The van der Waals surface area contributed by atoms with Gasteiger partial charge in [-0.05, 0) is 61.5 Å². The fourth-order valence-corrected chi connectivity index (χ4v) is 2.77. The van der Waals surface area contributed by atoms with Gasteiger partial charge in [0, 0.05) is 5.69 Å². The Kier molecular flexibility index (Phi) is 5.33. The van der Waals surface area contributed by atoms with Gasteiger partial charge in [-0.25, -0.2) is 0 Å². The van der Waals surface area contributed by atoms with Crippen LogP contribution in [0, 0.1) is 13.8 Å². The quantitative estimate of drug-likeness (QED) is 0.502. The van der Waals surface area contributed by atoms with Crippen LogP contribution in [0.4, 0.5) is 11.4 Å². The van der Waals surface area contributed by atoms with E-state index in [1.807, 2.05) is 26.0 Å². The van der Waals surface area contributed by atoms with Crippen LogP contribution >= 0.6 is 47.0 Å². The van der Waals surface area contributed by atoms with E-state index in [4.69, 9.17) is 47.0 Å². The summed E-state index contributed by atoms with van der Waals surface area (Å²) in [5.41, 5.74) is 3.84. The van der Waals surface area contributed by atoms with Gasteiger partial charge < -0.3 is 10.6 Å². The predicted molar refractivity (Wildman–Crippen MR) is 97.2 cm³/mol. The van der Waals surface area contributed by atoms with Crippen molar-refractivity contribution in [3.05, 3.63) is 56.5 Å². The number of rotatable bonds is 2. The van der Waals surface area contributed by atoms with Crippen molar-refractivity contribution >= 4 is 63.5 Å². The fourth-order valence-electron chi connectivity index (χ4n) is 1.95. The van der Waals surface area contributed by atoms with E-state index in [9.17, 15) is 0 Å². The van der Waals surface area contributed by atoms with Crippen LogP contribution in [0.25, 0.3) is 0 Å². The minimum absolute atomic E-state index is 0.403. The van der Waals surface area contributed by atoms with Gasteiger partial charge in [-0.3, -0.25) is 0 Å². The smallest absolute Gasteiger partial charge is 0.175 e. The lowest BCUT2D eigenvalue weighted by Gasteiger charge is -2.13. The first-order valence-corrected chi connectivity index (χ1v) is 7.70. The van der Waals surface area contributed by atoms with Crippen LogP contribution in [0.15, 0.2) is 30.3 Å². The number of benzene rings is 2. The van der Waals surface area contributed by atoms with E-state index in [-0.39, 0.29) is 0 Å². The Bertz CT molecular complexity index is 681. The third-order valence-electron chi connectivity index (χ3n) is 2.74. The molecule has 0 aliphatic carbocycles. The molecule has 0 amide bonds. The highest BCUT2D eigenvalue weighted by atomic mass is 35.5. The van der Waals surface area contributed by atoms with Crippen LogP contribution in [-0.2, 0) is 0 Å². The summed E-state index contributed by atoms with van der Waals surface area (Å²) in [5.74, 6) is 0. The van der Waals surface area contributed by atoms with Gasteiger partial charge in [0.1, 0.15) is 0 Å². The van der Waals surface area contributed by atoms with E-state index < -0.39 is 0 Å². The third kappa shape index (κ3) is 4.48. The van der Waals surface area contributed by atoms with E-state index in [1.54, 1.807) is 12.1 Å². The molecule has 0 spiro atoms. The molecule has 0 saturated carbocycles. The van der Waals surface area contributed by atoms with Gasteiger partial charge in [0.25, 0.3) is 0 Å². The van der Waals surface area contributed by atoms with Crippen molar-refractivity contribution in [2.45, 2.75) is 13.8 Å². The molecule has 2 aromatic carbocycles. The normalized spacial score (nSPS) is 10.3. The van der Waals surface area contributed by atoms with E-state index in [0.29, 0.717) is 25.9 Å². The Labute approximate surface area is 144 Å². The molecule has 2 rings (SSSR count). The van der Waals surface area contributed by atoms with Gasteiger partial charge >= 0.3 is 0 Å². The zero-order valence-corrected chi connectivity index (χ0v) is 14.5. The van der Waals surface area contributed by atoms with Gasteiger partial charge in [-0.2, -0.15) is 0 Å². The Morgan fingerprint density at radius 2 is 1.38 bits per heavy atom. The molecule has 6 heteroatoms.